The van der Waals surface area contributed by atoms with Gasteiger partial charge in [-0.25, -0.2) is 0 Å². The molecule has 1 rings (SSSR count). The minimum atomic E-state index is -0.325. The van der Waals surface area contributed by atoms with Crippen LogP contribution < -0.4 is 0 Å². The number of carbonyl (C=O) groups excluding carboxylic acids is 1. The van der Waals surface area contributed by atoms with Crippen LogP contribution in [-0.4, -0.2) is 42.0 Å². The van der Waals surface area contributed by atoms with Crippen molar-refractivity contribution in [1.82, 2.24) is 4.90 Å². The van der Waals surface area contributed by atoms with Crippen molar-refractivity contribution >= 4 is 17.5 Å². The van der Waals surface area contributed by atoms with Gasteiger partial charge in [0.1, 0.15) is 0 Å². The molecule has 0 saturated carbocycles. The van der Waals surface area contributed by atoms with E-state index in [4.69, 9.17) is 16.3 Å². The van der Waals surface area contributed by atoms with Crippen molar-refractivity contribution < 1.29 is 9.53 Å². The van der Waals surface area contributed by atoms with Crippen LogP contribution in [0.25, 0.3) is 0 Å². The summed E-state index contributed by atoms with van der Waals surface area (Å²) in [7, 11) is 0. The molecule has 1 aliphatic rings. The van der Waals surface area contributed by atoms with Crippen LogP contribution in [0.5, 0.6) is 0 Å². The van der Waals surface area contributed by atoms with E-state index < -0.39 is 0 Å². The SMILES string of the molecule is CC1CN(C(=O)C(C)(C)C)CC(CCl)O1. The molecule has 0 aromatic heterocycles. The highest BCUT2D eigenvalue weighted by Gasteiger charge is 2.33. The molecule has 3 nitrogen and oxygen atoms in total. The van der Waals surface area contributed by atoms with Crippen molar-refractivity contribution in [2.45, 2.75) is 39.9 Å². The normalized spacial score (nSPS) is 27.9. The Morgan fingerprint density at radius 2 is 2.07 bits per heavy atom. The van der Waals surface area contributed by atoms with E-state index in [0.717, 1.165) is 0 Å². The highest BCUT2D eigenvalue weighted by atomic mass is 35.5. The van der Waals surface area contributed by atoms with Gasteiger partial charge in [0.05, 0.1) is 18.1 Å². The van der Waals surface area contributed by atoms with Gasteiger partial charge >= 0.3 is 0 Å². The third kappa shape index (κ3) is 3.35. The van der Waals surface area contributed by atoms with Gasteiger partial charge in [0.2, 0.25) is 5.91 Å². The summed E-state index contributed by atoms with van der Waals surface area (Å²) in [4.78, 5) is 13.9. The van der Waals surface area contributed by atoms with Gasteiger partial charge in [-0.15, -0.1) is 11.6 Å². The second-order valence-corrected chi connectivity index (χ2v) is 5.49. The third-order valence-electron chi connectivity index (χ3n) is 2.43. The molecular formula is C11H20ClNO2. The lowest BCUT2D eigenvalue weighted by Gasteiger charge is -2.39. The van der Waals surface area contributed by atoms with Crippen LogP contribution in [0.3, 0.4) is 0 Å². The molecule has 4 heteroatoms. The van der Waals surface area contributed by atoms with Crippen LogP contribution in [0.4, 0.5) is 0 Å². The summed E-state index contributed by atoms with van der Waals surface area (Å²) >= 11 is 5.77. The van der Waals surface area contributed by atoms with Gasteiger partial charge in [0, 0.05) is 18.5 Å². The summed E-state index contributed by atoms with van der Waals surface area (Å²) in [5.41, 5.74) is -0.325. The summed E-state index contributed by atoms with van der Waals surface area (Å²) in [6, 6.07) is 0. The Morgan fingerprint density at radius 3 is 2.53 bits per heavy atom. The fourth-order valence-corrected chi connectivity index (χ4v) is 1.94. The van der Waals surface area contributed by atoms with E-state index in [1.54, 1.807) is 0 Å². The zero-order chi connectivity index (χ0) is 11.6. The average Bonchev–Trinajstić information content (AvgIpc) is 2.14. The maximum atomic E-state index is 12.1. The molecule has 0 radical (unpaired) electrons. The maximum absolute atomic E-state index is 12.1. The Kier molecular flexibility index (Phi) is 4.01. The van der Waals surface area contributed by atoms with E-state index in [1.807, 2.05) is 32.6 Å². The van der Waals surface area contributed by atoms with Crippen molar-refractivity contribution in [3.63, 3.8) is 0 Å². The van der Waals surface area contributed by atoms with Crippen LogP contribution in [0.2, 0.25) is 0 Å². The van der Waals surface area contributed by atoms with Gasteiger partial charge in [-0.05, 0) is 6.92 Å². The van der Waals surface area contributed by atoms with Gasteiger partial charge in [-0.1, -0.05) is 20.8 Å². The smallest absolute Gasteiger partial charge is 0.228 e. The average molecular weight is 234 g/mol. The highest BCUT2D eigenvalue weighted by Crippen LogP contribution is 2.21. The molecule has 0 aromatic rings. The Labute approximate surface area is 96.7 Å². The number of hydrogen-bond donors (Lipinski definition) is 0. The standard InChI is InChI=1S/C11H20ClNO2/c1-8-6-13(7-9(5-12)15-8)10(14)11(2,3)4/h8-9H,5-7H2,1-4H3. The monoisotopic (exact) mass is 233 g/mol. The lowest BCUT2D eigenvalue weighted by atomic mass is 9.94. The first-order chi connectivity index (χ1) is 6.84. The van der Waals surface area contributed by atoms with E-state index in [-0.39, 0.29) is 23.5 Å². The number of rotatable bonds is 1. The van der Waals surface area contributed by atoms with Crippen molar-refractivity contribution in [3.8, 4) is 0 Å². The van der Waals surface area contributed by atoms with Gasteiger partial charge < -0.3 is 9.64 Å². The summed E-state index contributed by atoms with van der Waals surface area (Å²) in [6.45, 7) is 9.07. The third-order valence-corrected chi connectivity index (χ3v) is 2.77. The number of ether oxygens (including phenoxy) is 1. The van der Waals surface area contributed by atoms with Crippen molar-refractivity contribution in [1.29, 1.82) is 0 Å². The fraction of sp³-hybridized carbons (Fsp3) is 0.909. The van der Waals surface area contributed by atoms with Crippen LogP contribution in [0.1, 0.15) is 27.7 Å². The molecule has 0 aliphatic carbocycles. The molecule has 1 heterocycles. The van der Waals surface area contributed by atoms with Crippen molar-refractivity contribution in [2.75, 3.05) is 19.0 Å². The van der Waals surface area contributed by atoms with Crippen LogP contribution in [0.15, 0.2) is 0 Å². The molecule has 0 bridgehead atoms. The largest absolute Gasteiger partial charge is 0.370 e. The zero-order valence-corrected chi connectivity index (χ0v) is 10.7. The Hall–Kier alpha value is -0.280. The van der Waals surface area contributed by atoms with Gasteiger partial charge in [-0.2, -0.15) is 0 Å². The van der Waals surface area contributed by atoms with E-state index in [9.17, 15) is 4.79 Å². The number of alkyl halides is 1. The van der Waals surface area contributed by atoms with E-state index in [1.165, 1.54) is 0 Å². The molecule has 1 fully saturated rings. The molecule has 1 amide bonds. The fourth-order valence-electron chi connectivity index (χ4n) is 1.77. The maximum Gasteiger partial charge on any atom is 0.228 e. The first-order valence-electron chi connectivity index (χ1n) is 5.35. The minimum Gasteiger partial charge on any atom is -0.370 e. The molecule has 0 aromatic carbocycles. The zero-order valence-electron chi connectivity index (χ0n) is 9.92. The number of hydrogen-bond acceptors (Lipinski definition) is 2. The molecule has 2 unspecified atom stereocenters. The van der Waals surface area contributed by atoms with Crippen LogP contribution in [-0.2, 0) is 9.53 Å². The topological polar surface area (TPSA) is 29.5 Å². The number of carbonyl (C=O) groups is 1. The summed E-state index contributed by atoms with van der Waals surface area (Å²) in [5, 5.41) is 0. The van der Waals surface area contributed by atoms with Gasteiger partial charge in [-0.3, -0.25) is 4.79 Å². The molecule has 88 valence electrons. The summed E-state index contributed by atoms with van der Waals surface area (Å²) in [6.07, 6.45) is 0.0514. The Bertz CT molecular complexity index is 237. The van der Waals surface area contributed by atoms with Crippen LogP contribution in [0, 0.1) is 5.41 Å². The Morgan fingerprint density at radius 1 is 1.47 bits per heavy atom. The summed E-state index contributed by atoms with van der Waals surface area (Å²) < 4.78 is 5.60. The van der Waals surface area contributed by atoms with Gasteiger partial charge in [0.25, 0.3) is 0 Å². The molecule has 2 atom stereocenters. The van der Waals surface area contributed by atoms with Crippen molar-refractivity contribution in [2.24, 2.45) is 5.41 Å². The van der Waals surface area contributed by atoms with E-state index in [2.05, 4.69) is 0 Å². The van der Waals surface area contributed by atoms with Crippen LogP contribution >= 0.6 is 11.6 Å². The summed E-state index contributed by atoms with van der Waals surface area (Å²) in [5.74, 6) is 0.617. The Balaban J connectivity index is 2.66. The van der Waals surface area contributed by atoms with E-state index >= 15 is 0 Å². The predicted octanol–water partition coefficient (Wildman–Crippen LogP) is 1.89. The molecule has 0 spiro atoms. The number of amides is 1. The second-order valence-electron chi connectivity index (χ2n) is 5.18. The highest BCUT2D eigenvalue weighted by molar-refractivity contribution is 6.18. The minimum absolute atomic E-state index is 0.0262. The quantitative estimate of drug-likeness (QED) is 0.648. The predicted molar refractivity (Wildman–Crippen MR) is 61.1 cm³/mol. The molecule has 1 aliphatic heterocycles. The lowest BCUT2D eigenvalue weighted by Crippen LogP contribution is -2.52. The van der Waals surface area contributed by atoms with E-state index in [0.29, 0.717) is 19.0 Å². The first-order valence-corrected chi connectivity index (χ1v) is 5.89. The lowest BCUT2D eigenvalue weighted by molar-refractivity contribution is -0.151. The number of morpholine rings is 1. The second kappa shape index (κ2) is 4.71. The first kappa shape index (κ1) is 12.8. The molecule has 1 saturated heterocycles. The van der Waals surface area contributed by atoms with Crippen molar-refractivity contribution in [3.05, 3.63) is 0 Å². The van der Waals surface area contributed by atoms with Gasteiger partial charge in [0.15, 0.2) is 0 Å². The molecule has 0 N–H and O–H groups in total. The molecular weight excluding hydrogens is 214 g/mol. The number of halogens is 1. The molecule has 15 heavy (non-hydrogen) atoms. The number of nitrogens with zero attached hydrogens (tertiary/aromatic N) is 1.